The molecular weight excluding hydrogens is 411 g/mol. The first-order valence-corrected chi connectivity index (χ1v) is 21.5. The lowest BCUT2D eigenvalue weighted by Gasteiger charge is -2.53. The van der Waals surface area contributed by atoms with E-state index in [1.54, 1.807) is 0 Å². The molecular formula is C22H53NOSSi3. The van der Waals surface area contributed by atoms with Crippen molar-refractivity contribution in [2.75, 3.05) is 18.9 Å². The highest BCUT2D eigenvalue weighted by Crippen LogP contribution is 2.37. The van der Waals surface area contributed by atoms with Crippen molar-refractivity contribution in [1.29, 1.82) is 0 Å². The Morgan fingerprint density at radius 3 is 1.57 bits per heavy atom. The maximum absolute atomic E-state index is 6.01. The van der Waals surface area contributed by atoms with E-state index in [-0.39, 0.29) is 0 Å². The second kappa shape index (κ2) is 14.1. The van der Waals surface area contributed by atoms with Crippen LogP contribution in [0.4, 0.5) is 0 Å². The summed E-state index contributed by atoms with van der Waals surface area (Å²) in [5, 5.41) is 0.755. The van der Waals surface area contributed by atoms with Gasteiger partial charge in [0, 0.05) is 11.9 Å². The van der Waals surface area contributed by atoms with Gasteiger partial charge in [-0.3, -0.25) is 0 Å². The Morgan fingerprint density at radius 1 is 0.786 bits per heavy atom. The summed E-state index contributed by atoms with van der Waals surface area (Å²) < 4.78 is 9.26. The predicted molar refractivity (Wildman–Crippen MR) is 142 cm³/mol. The van der Waals surface area contributed by atoms with Gasteiger partial charge in [-0.15, -0.1) is 0 Å². The fourth-order valence-electron chi connectivity index (χ4n) is 5.09. The van der Waals surface area contributed by atoms with Gasteiger partial charge in [0.05, 0.1) is 0 Å². The molecule has 0 aliphatic rings. The fraction of sp³-hybridized carbons (Fsp3) is 1.00. The van der Waals surface area contributed by atoms with Crippen molar-refractivity contribution < 1.29 is 4.43 Å². The molecule has 0 N–H and O–H groups in total. The van der Waals surface area contributed by atoms with Crippen molar-refractivity contribution in [2.24, 2.45) is 0 Å². The molecule has 0 aliphatic carbocycles. The molecule has 1 unspecified atom stereocenters. The average Bonchev–Trinajstić information content (AvgIpc) is 2.68. The Balaban J connectivity index is 5.14. The number of hydrogen-bond donors (Lipinski definition) is 0. The SMILES string of the molecule is CCO[Si](C)(C)CCCSC(C)CN([Si](CC)(CC)CC)[Si](CC)(CC)CC. The zero-order valence-corrected chi connectivity index (χ0v) is 24.9. The van der Waals surface area contributed by atoms with E-state index in [4.69, 9.17) is 4.43 Å². The third kappa shape index (κ3) is 8.22. The minimum Gasteiger partial charge on any atom is -0.418 e. The summed E-state index contributed by atoms with van der Waals surface area (Å²) in [5.74, 6) is 1.30. The highest BCUT2D eigenvalue weighted by molar-refractivity contribution is 7.99. The predicted octanol–water partition coefficient (Wildman–Crippen LogP) is 8.05. The Morgan fingerprint density at radius 2 is 1.21 bits per heavy atom. The number of nitrogens with zero attached hydrogens (tertiary/aromatic N) is 1. The van der Waals surface area contributed by atoms with Crippen LogP contribution in [0.2, 0.25) is 55.4 Å². The number of thioether (sulfide) groups is 1. The molecule has 0 aliphatic heterocycles. The number of rotatable bonds is 17. The van der Waals surface area contributed by atoms with Crippen molar-refractivity contribution >= 4 is 36.6 Å². The minimum absolute atomic E-state index is 0.755. The van der Waals surface area contributed by atoms with E-state index >= 15 is 0 Å². The van der Waals surface area contributed by atoms with Gasteiger partial charge in [0.2, 0.25) is 0 Å². The summed E-state index contributed by atoms with van der Waals surface area (Å²) in [6.45, 7) is 26.6. The van der Waals surface area contributed by atoms with Gasteiger partial charge in [-0.25, -0.2) is 0 Å². The van der Waals surface area contributed by atoms with E-state index in [0.717, 1.165) is 11.9 Å². The Labute approximate surface area is 186 Å². The first-order chi connectivity index (χ1) is 13.2. The average molecular weight is 464 g/mol. The summed E-state index contributed by atoms with van der Waals surface area (Å²) in [6, 6.07) is 9.89. The van der Waals surface area contributed by atoms with Crippen LogP contribution in [0.5, 0.6) is 0 Å². The van der Waals surface area contributed by atoms with Gasteiger partial charge < -0.3 is 8.66 Å². The molecule has 0 aromatic rings. The van der Waals surface area contributed by atoms with Crippen LogP contribution in [-0.2, 0) is 4.43 Å². The topological polar surface area (TPSA) is 12.5 Å². The normalized spacial score (nSPS) is 14.7. The standard InChI is InChI=1S/C22H53NOSSi3/c1-11-24-26(9,10)20-18-19-25-22(8)21-23(27(12-2,13-3)14-4)28(15-5,16-6)17-7/h22H,11-21H2,1-10H3. The molecule has 0 aromatic carbocycles. The van der Waals surface area contributed by atoms with E-state index in [0.29, 0.717) is 0 Å². The first kappa shape index (κ1) is 28.9. The van der Waals surface area contributed by atoms with Crippen LogP contribution in [0.3, 0.4) is 0 Å². The summed E-state index contributed by atoms with van der Waals surface area (Å²) in [7, 11) is -4.07. The third-order valence-electron chi connectivity index (χ3n) is 7.39. The summed E-state index contributed by atoms with van der Waals surface area (Å²) >= 11 is 2.23. The monoisotopic (exact) mass is 463 g/mol. The molecule has 170 valence electrons. The van der Waals surface area contributed by atoms with Crippen LogP contribution in [-0.4, -0.2) is 53.2 Å². The molecule has 0 bridgehead atoms. The highest BCUT2D eigenvalue weighted by atomic mass is 32.2. The zero-order valence-electron chi connectivity index (χ0n) is 21.1. The summed E-state index contributed by atoms with van der Waals surface area (Å²) in [4.78, 5) is 0. The molecule has 0 saturated carbocycles. The molecule has 0 amide bonds. The Bertz CT molecular complexity index is 365. The van der Waals surface area contributed by atoms with Crippen molar-refractivity contribution in [3.63, 3.8) is 0 Å². The van der Waals surface area contributed by atoms with E-state index in [2.05, 4.69) is 84.5 Å². The highest BCUT2D eigenvalue weighted by Gasteiger charge is 2.46. The molecule has 0 radical (unpaired) electrons. The van der Waals surface area contributed by atoms with Crippen LogP contribution in [0.1, 0.15) is 61.8 Å². The second-order valence-corrected chi connectivity index (χ2v) is 25.7. The van der Waals surface area contributed by atoms with Crippen molar-refractivity contribution in [2.45, 2.75) is 122 Å². The van der Waals surface area contributed by atoms with E-state index < -0.39 is 24.8 Å². The van der Waals surface area contributed by atoms with Crippen LogP contribution in [0, 0.1) is 0 Å². The smallest absolute Gasteiger partial charge is 0.186 e. The summed E-state index contributed by atoms with van der Waals surface area (Å²) in [5.41, 5.74) is 0. The quantitative estimate of drug-likeness (QED) is 0.160. The molecule has 0 aromatic heterocycles. The van der Waals surface area contributed by atoms with Crippen molar-refractivity contribution in [3.05, 3.63) is 0 Å². The summed E-state index contributed by atoms with van der Waals surface area (Å²) in [6.07, 6.45) is 1.32. The molecule has 6 heteroatoms. The minimum atomic E-state index is -1.41. The van der Waals surface area contributed by atoms with Gasteiger partial charge in [-0.1, -0.05) is 48.5 Å². The van der Waals surface area contributed by atoms with Gasteiger partial charge in [-0.2, -0.15) is 11.8 Å². The lowest BCUT2D eigenvalue weighted by atomic mass is 10.5. The van der Waals surface area contributed by atoms with Crippen molar-refractivity contribution in [1.82, 2.24) is 4.23 Å². The van der Waals surface area contributed by atoms with Gasteiger partial charge >= 0.3 is 0 Å². The fourth-order valence-corrected chi connectivity index (χ4v) is 22.0. The Hall–Kier alpha value is 0.921. The maximum Gasteiger partial charge on any atom is 0.186 e. The number of hydrogen-bond acceptors (Lipinski definition) is 3. The van der Waals surface area contributed by atoms with Gasteiger partial charge in [-0.05, 0) is 81.0 Å². The maximum atomic E-state index is 6.01. The zero-order chi connectivity index (χ0) is 21.8. The van der Waals surface area contributed by atoms with Gasteiger partial charge in [0.15, 0.2) is 8.32 Å². The van der Waals surface area contributed by atoms with Crippen LogP contribution in [0.15, 0.2) is 0 Å². The Kier molecular flexibility index (Phi) is 14.5. The molecule has 0 fully saturated rings. The molecule has 0 saturated heterocycles. The molecule has 0 heterocycles. The lowest BCUT2D eigenvalue weighted by molar-refractivity contribution is 0.328. The van der Waals surface area contributed by atoms with Crippen LogP contribution >= 0.6 is 11.8 Å². The molecule has 2 nitrogen and oxygen atoms in total. The largest absolute Gasteiger partial charge is 0.418 e. The molecule has 1 atom stereocenters. The van der Waals surface area contributed by atoms with Gasteiger partial charge in [0.1, 0.15) is 16.5 Å². The first-order valence-electron chi connectivity index (χ1n) is 12.2. The third-order valence-corrected chi connectivity index (χ3v) is 24.7. The molecule has 0 spiro atoms. The van der Waals surface area contributed by atoms with Crippen molar-refractivity contribution in [3.8, 4) is 0 Å². The van der Waals surface area contributed by atoms with E-state index in [1.165, 1.54) is 61.0 Å². The van der Waals surface area contributed by atoms with E-state index in [9.17, 15) is 0 Å². The van der Waals surface area contributed by atoms with E-state index in [1.807, 2.05) is 0 Å². The second-order valence-electron chi connectivity index (χ2n) is 9.16. The van der Waals surface area contributed by atoms with Crippen LogP contribution < -0.4 is 0 Å². The van der Waals surface area contributed by atoms with Crippen LogP contribution in [0.25, 0.3) is 0 Å². The lowest BCUT2D eigenvalue weighted by Crippen LogP contribution is -2.67. The molecule has 28 heavy (non-hydrogen) atoms. The molecule has 0 rings (SSSR count). The van der Waals surface area contributed by atoms with Gasteiger partial charge in [0.25, 0.3) is 0 Å².